The van der Waals surface area contributed by atoms with E-state index in [1.54, 1.807) is 18.3 Å². The molecule has 0 fully saturated rings. The number of aromatic nitrogens is 1. The third kappa shape index (κ3) is 3.24. The van der Waals surface area contributed by atoms with Gasteiger partial charge in [0.15, 0.2) is 0 Å². The first kappa shape index (κ1) is 14.3. The molecule has 0 aliphatic carbocycles. The van der Waals surface area contributed by atoms with Crippen LogP contribution in [0.5, 0.6) is 0 Å². The Morgan fingerprint density at radius 2 is 2.10 bits per heavy atom. The van der Waals surface area contributed by atoms with Gasteiger partial charge >= 0.3 is 5.97 Å². The Morgan fingerprint density at radius 3 is 2.75 bits per heavy atom. The lowest BCUT2D eigenvalue weighted by atomic mass is 10.1. The maximum Gasteiger partial charge on any atom is 0.373 e. The molecule has 0 aliphatic rings. The summed E-state index contributed by atoms with van der Waals surface area (Å²) in [5.74, 6) is 0.440. The molecule has 0 amide bonds. The third-order valence-electron chi connectivity index (χ3n) is 3.12. The lowest BCUT2D eigenvalue weighted by Crippen LogP contribution is -2.22. The summed E-state index contributed by atoms with van der Waals surface area (Å²) in [6.07, 6.45) is 3.57. The van der Waals surface area contributed by atoms with E-state index in [1.807, 2.05) is 25.3 Å². The second-order valence-corrected chi connectivity index (χ2v) is 4.59. The Hall–Kier alpha value is -2.14. The number of pyridine rings is 1. The van der Waals surface area contributed by atoms with Crippen LogP contribution in [0.4, 0.5) is 0 Å². The van der Waals surface area contributed by atoms with Crippen LogP contribution >= 0.6 is 0 Å². The first-order chi connectivity index (χ1) is 9.61. The molecule has 0 spiro atoms. The zero-order valence-corrected chi connectivity index (χ0v) is 11.8. The summed E-state index contributed by atoms with van der Waals surface area (Å²) in [6, 6.07) is 7.42. The van der Waals surface area contributed by atoms with E-state index in [1.165, 1.54) is 7.11 Å². The fraction of sp³-hybridized carbons (Fsp3) is 0.333. The molecule has 20 heavy (non-hydrogen) atoms. The minimum Gasteiger partial charge on any atom is -0.463 e. The first-order valence-corrected chi connectivity index (χ1v) is 6.46. The van der Waals surface area contributed by atoms with Gasteiger partial charge in [-0.25, -0.2) is 4.79 Å². The number of hydrogen-bond donors (Lipinski definition) is 1. The molecule has 2 atom stereocenters. The van der Waals surface area contributed by atoms with Crippen LogP contribution in [0.1, 0.15) is 47.8 Å². The van der Waals surface area contributed by atoms with Crippen molar-refractivity contribution in [2.75, 3.05) is 7.11 Å². The first-order valence-electron chi connectivity index (χ1n) is 6.46. The Morgan fingerprint density at radius 1 is 1.30 bits per heavy atom. The van der Waals surface area contributed by atoms with E-state index in [-0.39, 0.29) is 17.8 Å². The van der Waals surface area contributed by atoms with Gasteiger partial charge in [0, 0.05) is 18.4 Å². The minimum atomic E-state index is -0.469. The van der Waals surface area contributed by atoms with Gasteiger partial charge in [-0.3, -0.25) is 4.98 Å². The summed E-state index contributed by atoms with van der Waals surface area (Å²) in [5, 5.41) is 3.40. The summed E-state index contributed by atoms with van der Waals surface area (Å²) in [6.45, 7) is 4.03. The number of furan rings is 1. The van der Waals surface area contributed by atoms with E-state index < -0.39 is 5.97 Å². The van der Waals surface area contributed by atoms with Crippen molar-refractivity contribution in [1.29, 1.82) is 0 Å². The number of esters is 1. The number of hydrogen-bond acceptors (Lipinski definition) is 5. The maximum absolute atomic E-state index is 11.3. The lowest BCUT2D eigenvalue weighted by Gasteiger charge is -2.18. The number of rotatable bonds is 5. The van der Waals surface area contributed by atoms with Gasteiger partial charge in [0.25, 0.3) is 0 Å². The average Bonchev–Trinajstić information content (AvgIpc) is 2.97. The molecule has 0 radical (unpaired) electrons. The van der Waals surface area contributed by atoms with Crippen molar-refractivity contribution >= 4 is 5.97 Å². The predicted octanol–water partition coefficient (Wildman–Crippen LogP) is 2.87. The van der Waals surface area contributed by atoms with Gasteiger partial charge in [-0.1, -0.05) is 6.07 Å². The van der Waals surface area contributed by atoms with Gasteiger partial charge in [0.05, 0.1) is 13.2 Å². The quantitative estimate of drug-likeness (QED) is 0.849. The zero-order chi connectivity index (χ0) is 14.5. The lowest BCUT2D eigenvalue weighted by molar-refractivity contribution is 0.0562. The third-order valence-corrected chi connectivity index (χ3v) is 3.12. The molecule has 0 aliphatic heterocycles. The van der Waals surface area contributed by atoms with Gasteiger partial charge in [-0.15, -0.1) is 0 Å². The zero-order valence-electron chi connectivity index (χ0n) is 11.8. The van der Waals surface area contributed by atoms with Crippen LogP contribution in [0.3, 0.4) is 0 Å². The summed E-state index contributed by atoms with van der Waals surface area (Å²) >= 11 is 0. The van der Waals surface area contributed by atoms with Crippen molar-refractivity contribution in [3.63, 3.8) is 0 Å². The summed E-state index contributed by atoms with van der Waals surface area (Å²) < 4.78 is 10.1. The van der Waals surface area contributed by atoms with E-state index in [0.717, 1.165) is 5.56 Å². The van der Waals surface area contributed by atoms with E-state index in [2.05, 4.69) is 22.0 Å². The molecule has 2 heterocycles. The number of carbonyl (C=O) groups is 1. The fourth-order valence-electron chi connectivity index (χ4n) is 1.98. The largest absolute Gasteiger partial charge is 0.463 e. The van der Waals surface area contributed by atoms with Crippen LogP contribution in [0.2, 0.25) is 0 Å². The smallest absolute Gasteiger partial charge is 0.373 e. The van der Waals surface area contributed by atoms with Gasteiger partial charge < -0.3 is 14.5 Å². The monoisotopic (exact) mass is 274 g/mol. The predicted molar refractivity (Wildman–Crippen MR) is 74.3 cm³/mol. The van der Waals surface area contributed by atoms with E-state index in [9.17, 15) is 4.79 Å². The van der Waals surface area contributed by atoms with Crippen molar-refractivity contribution < 1.29 is 13.9 Å². The highest BCUT2D eigenvalue weighted by atomic mass is 16.5. The van der Waals surface area contributed by atoms with Gasteiger partial charge in [0.2, 0.25) is 5.76 Å². The minimum absolute atomic E-state index is 0.0244. The SMILES string of the molecule is COC(=O)c1ccc(C(C)N[C@H](C)c2cccnc2)o1. The molecule has 1 unspecified atom stereocenters. The number of ether oxygens (including phenoxy) is 1. The van der Waals surface area contributed by atoms with Crippen LogP contribution < -0.4 is 5.32 Å². The van der Waals surface area contributed by atoms with Crippen molar-refractivity contribution in [3.8, 4) is 0 Å². The summed E-state index contributed by atoms with van der Waals surface area (Å²) in [7, 11) is 1.33. The molecule has 5 heteroatoms. The van der Waals surface area contributed by atoms with E-state index in [4.69, 9.17) is 4.42 Å². The molecule has 2 rings (SSSR count). The molecule has 5 nitrogen and oxygen atoms in total. The molecule has 2 aromatic rings. The summed E-state index contributed by atoms with van der Waals surface area (Å²) in [4.78, 5) is 15.4. The Bertz CT molecular complexity index is 566. The Labute approximate surface area is 118 Å². The highest BCUT2D eigenvalue weighted by Gasteiger charge is 2.17. The highest BCUT2D eigenvalue weighted by Crippen LogP contribution is 2.21. The van der Waals surface area contributed by atoms with Gasteiger partial charge in [0.1, 0.15) is 5.76 Å². The molecule has 0 saturated carbocycles. The molecule has 0 bridgehead atoms. The van der Waals surface area contributed by atoms with Crippen LogP contribution in [0, 0.1) is 0 Å². The van der Waals surface area contributed by atoms with Crippen molar-refractivity contribution in [2.24, 2.45) is 0 Å². The Kier molecular flexibility index (Phi) is 4.53. The Balaban J connectivity index is 2.03. The molecule has 0 aromatic carbocycles. The number of nitrogens with zero attached hydrogens (tertiary/aromatic N) is 1. The molecule has 0 saturated heterocycles. The van der Waals surface area contributed by atoms with Crippen LogP contribution in [0.25, 0.3) is 0 Å². The fourth-order valence-corrected chi connectivity index (χ4v) is 1.98. The molecule has 2 aromatic heterocycles. The second-order valence-electron chi connectivity index (χ2n) is 4.59. The average molecular weight is 274 g/mol. The van der Waals surface area contributed by atoms with Crippen LogP contribution in [-0.2, 0) is 4.74 Å². The molecular formula is C15H18N2O3. The number of methoxy groups -OCH3 is 1. The summed E-state index contributed by atoms with van der Waals surface area (Å²) in [5.41, 5.74) is 1.10. The van der Waals surface area contributed by atoms with Crippen LogP contribution in [0.15, 0.2) is 41.1 Å². The van der Waals surface area contributed by atoms with Crippen molar-refractivity contribution in [3.05, 3.63) is 53.7 Å². The topological polar surface area (TPSA) is 64.4 Å². The highest BCUT2D eigenvalue weighted by molar-refractivity contribution is 5.86. The normalized spacial score (nSPS) is 13.8. The van der Waals surface area contributed by atoms with E-state index in [0.29, 0.717) is 5.76 Å². The van der Waals surface area contributed by atoms with Gasteiger partial charge in [-0.05, 0) is 37.6 Å². The number of carbonyl (C=O) groups excluding carboxylic acids is 1. The van der Waals surface area contributed by atoms with Crippen molar-refractivity contribution in [1.82, 2.24) is 10.3 Å². The molecule has 106 valence electrons. The van der Waals surface area contributed by atoms with Crippen molar-refractivity contribution in [2.45, 2.75) is 25.9 Å². The molecule has 1 N–H and O–H groups in total. The number of nitrogens with one attached hydrogen (secondary N) is 1. The van der Waals surface area contributed by atoms with Crippen LogP contribution in [-0.4, -0.2) is 18.1 Å². The standard InChI is InChI=1S/C15H18N2O3/c1-10(12-5-4-8-16-9-12)17-11(2)13-6-7-14(20-13)15(18)19-3/h4-11,17H,1-3H3/t10-,11?/m1/s1. The molecular weight excluding hydrogens is 256 g/mol. The van der Waals surface area contributed by atoms with E-state index >= 15 is 0 Å². The maximum atomic E-state index is 11.3. The second kappa shape index (κ2) is 6.34. The van der Waals surface area contributed by atoms with Gasteiger partial charge in [-0.2, -0.15) is 0 Å².